The molecule has 2 nitrogen and oxygen atoms in total. The van der Waals surface area contributed by atoms with Gasteiger partial charge in [0.25, 0.3) is 0 Å². The van der Waals surface area contributed by atoms with Crippen LogP contribution in [0.15, 0.2) is 41.0 Å². The van der Waals surface area contributed by atoms with Gasteiger partial charge in [0.1, 0.15) is 0 Å². The highest BCUT2D eigenvalue weighted by Crippen LogP contribution is 2.23. The molecule has 0 fully saturated rings. The third-order valence-electron chi connectivity index (χ3n) is 3.02. The van der Waals surface area contributed by atoms with Gasteiger partial charge in [-0.15, -0.1) is 0 Å². The van der Waals surface area contributed by atoms with E-state index in [0.29, 0.717) is 0 Å². The van der Waals surface area contributed by atoms with Crippen molar-refractivity contribution in [3.63, 3.8) is 0 Å². The highest BCUT2D eigenvalue weighted by Gasteiger charge is 2.12. The van der Waals surface area contributed by atoms with E-state index in [1.165, 1.54) is 11.1 Å². The molecule has 1 unspecified atom stereocenters. The van der Waals surface area contributed by atoms with Crippen molar-refractivity contribution >= 4 is 27.5 Å². The Morgan fingerprint density at radius 3 is 2.68 bits per heavy atom. The zero-order valence-electron chi connectivity index (χ0n) is 11.0. The number of nitrogens with one attached hydrogen (secondary N) is 1. The molecule has 1 aromatic carbocycles. The molecule has 1 N–H and O–H groups in total. The van der Waals surface area contributed by atoms with Crippen LogP contribution >= 0.6 is 27.5 Å². The maximum Gasteiger partial charge on any atom is 0.0423 e. The number of hydrogen-bond acceptors (Lipinski definition) is 2. The number of aromatic nitrogens is 1. The van der Waals surface area contributed by atoms with Gasteiger partial charge in [0.15, 0.2) is 0 Å². The van der Waals surface area contributed by atoms with Crippen molar-refractivity contribution < 1.29 is 0 Å². The largest absolute Gasteiger partial charge is 0.313 e. The lowest BCUT2D eigenvalue weighted by Crippen LogP contribution is -2.19. The summed E-state index contributed by atoms with van der Waals surface area (Å²) in [5, 5.41) is 4.10. The first-order valence-corrected chi connectivity index (χ1v) is 7.30. The summed E-state index contributed by atoms with van der Waals surface area (Å²) in [7, 11) is 1.96. The van der Waals surface area contributed by atoms with Crippen LogP contribution in [0, 0.1) is 6.92 Å². The van der Waals surface area contributed by atoms with E-state index in [9.17, 15) is 0 Å². The molecule has 0 aliphatic heterocycles. The number of nitrogens with zero attached hydrogens (tertiary/aromatic N) is 1. The van der Waals surface area contributed by atoms with Gasteiger partial charge >= 0.3 is 0 Å². The molecule has 0 radical (unpaired) electrons. The van der Waals surface area contributed by atoms with Gasteiger partial charge in [0, 0.05) is 33.8 Å². The molecule has 4 heteroatoms. The number of hydrogen-bond donors (Lipinski definition) is 1. The van der Waals surface area contributed by atoms with Gasteiger partial charge in [-0.2, -0.15) is 0 Å². The van der Waals surface area contributed by atoms with E-state index >= 15 is 0 Å². The molecule has 0 bridgehead atoms. The smallest absolute Gasteiger partial charge is 0.0423 e. The molecule has 0 saturated carbocycles. The van der Waals surface area contributed by atoms with E-state index in [1.54, 1.807) is 0 Å². The maximum absolute atomic E-state index is 6.13. The van der Waals surface area contributed by atoms with Crippen LogP contribution in [0.1, 0.15) is 22.9 Å². The molecule has 0 aliphatic carbocycles. The fourth-order valence-corrected chi connectivity index (χ4v) is 2.62. The zero-order valence-corrected chi connectivity index (χ0v) is 13.3. The summed E-state index contributed by atoms with van der Waals surface area (Å²) >= 11 is 9.52. The topological polar surface area (TPSA) is 24.9 Å². The molecular formula is C15H16BrClN2. The number of likely N-dealkylation sites (N-methyl/N-ethyl adjacent to an activating group) is 1. The van der Waals surface area contributed by atoms with Crippen LogP contribution in [0.4, 0.5) is 0 Å². The number of halogens is 2. The summed E-state index contributed by atoms with van der Waals surface area (Å²) in [6.45, 7) is 2.06. The van der Waals surface area contributed by atoms with Gasteiger partial charge in [-0.3, -0.25) is 4.98 Å². The fourth-order valence-electron chi connectivity index (χ4n) is 2.09. The van der Waals surface area contributed by atoms with E-state index < -0.39 is 0 Å². The molecule has 0 amide bonds. The molecule has 1 atom stereocenters. The lowest BCUT2D eigenvalue weighted by molar-refractivity contribution is 0.584. The second-order valence-corrected chi connectivity index (χ2v) is 5.93. The number of benzene rings is 1. The SMILES string of the molecule is CNC(Cc1ccc(Br)cn1)c1cc(C)cc(Cl)c1. The van der Waals surface area contributed by atoms with Crippen molar-refractivity contribution in [1.29, 1.82) is 0 Å². The average Bonchev–Trinajstić information content (AvgIpc) is 2.37. The Labute approximate surface area is 127 Å². The third kappa shape index (κ3) is 4.03. The van der Waals surface area contributed by atoms with Crippen molar-refractivity contribution in [2.45, 2.75) is 19.4 Å². The van der Waals surface area contributed by atoms with Gasteiger partial charge in [-0.1, -0.05) is 17.7 Å². The van der Waals surface area contributed by atoms with Crippen LogP contribution in [0.5, 0.6) is 0 Å². The number of pyridine rings is 1. The first-order chi connectivity index (χ1) is 9.08. The van der Waals surface area contributed by atoms with Crippen LogP contribution in [0.25, 0.3) is 0 Å². The first kappa shape index (κ1) is 14.5. The molecule has 0 spiro atoms. The molecule has 100 valence electrons. The zero-order chi connectivity index (χ0) is 13.8. The predicted molar refractivity (Wildman–Crippen MR) is 83.6 cm³/mol. The highest BCUT2D eigenvalue weighted by molar-refractivity contribution is 9.10. The Morgan fingerprint density at radius 1 is 1.32 bits per heavy atom. The minimum atomic E-state index is 0.214. The van der Waals surface area contributed by atoms with Gasteiger partial charge in [-0.25, -0.2) is 0 Å². The standard InChI is InChI=1S/C15H16BrClN2/c1-10-5-11(7-13(17)6-10)15(18-2)8-14-4-3-12(16)9-19-14/h3-7,9,15,18H,8H2,1-2H3. The van der Waals surface area contributed by atoms with Gasteiger partial charge in [0.05, 0.1) is 0 Å². The van der Waals surface area contributed by atoms with Crippen LogP contribution in [-0.4, -0.2) is 12.0 Å². The minimum Gasteiger partial charge on any atom is -0.313 e. The molecule has 2 rings (SSSR count). The van der Waals surface area contributed by atoms with Crippen molar-refractivity contribution in [3.05, 3.63) is 62.8 Å². The Morgan fingerprint density at radius 2 is 2.11 bits per heavy atom. The second kappa shape index (κ2) is 6.51. The van der Waals surface area contributed by atoms with E-state index in [4.69, 9.17) is 11.6 Å². The minimum absolute atomic E-state index is 0.214. The van der Waals surface area contributed by atoms with Gasteiger partial charge < -0.3 is 5.32 Å². The van der Waals surface area contributed by atoms with Crippen LogP contribution < -0.4 is 5.32 Å². The third-order valence-corrected chi connectivity index (χ3v) is 3.70. The predicted octanol–water partition coefficient (Wildman–Crippen LogP) is 4.31. The summed E-state index contributed by atoms with van der Waals surface area (Å²) in [5.74, 6) is 0. The Bertz CT molecular complexity index is 534. The summed E-state index contributed by atoms with van der Waals surface area (Å²) in [6, 6.07) is 10.4. The lowest BCUT2D eigenvalue weighted by Gasteiger charge is -2.17. The summed E-state index contributed by atoms with van der Waals surface area (Å²) in [6.07, 6.45) is 2.66. The highest BCUT2D eigenvalue weighted by atomic mass is 79.9. The number of rotatable bonds is 4. The van der Waals surface area contributed by atoms with Crippen LogP contribution in [0.2, 0.25) is 5.02 Å². The van der Waals surface area contributed by atoms with E-state index in [1.807, 2.05) is 37.5 Å². The summed E-state index contributed by atoms with van der Waals surface area (Å²) < 4.78 is 0.996. The van der Waals surface area contributed by atoms with Crippen molar-refractivity contribution in [1.82, 2.24) is 10.3 Å². The normalized spacial score (nSPS) is 12.4. The Balaban J connectivity index is 2.22. The quantitative estimate of drug-likeness (QED) is 0.898. The van der Waals surface area contributed by atoms with Gasteiger partial charge in [-0.05, 0) is 65.3 Å². The monoisotopic (exact) mass is 338 g/mol. The molecule has 1 heterocycles. The first-order valence-electron chi connectivity index (χ1n) is 6.13. The number of aryl methyl sites for hydroxylation is 1. The molecule has 0 saturated heterocycles. The van der Waals surface area contributed by atoms with Crippen molar-refractivity contribution in [2.24, 2.45) is 0 Å². The second-order valence-electron chi connectivity index (χ2n) is 4.58. The summed E-state index contributed by atoms with van der Waals surface area (Å²) in [4.78, 5) is 4.42. The fraction of sp³-hybridized carbons (Fsp3) is 0.267. The van der Waals surface area contributed by atoms with Crippen LogP contribution in [-0.2, 0) is 6.42 Å². The molecular weight excluding hydrogens is 324 g/mol. The van der Waals surface area contributed by atoms with E-state index in [-0.39, 0.29) is 6.04 Å². The van der Waals surface area contributed by atoms with E-state index in [0.717, 1.165) is 21.6 Å². The maximum atomic E-state index is 6.13. The Hall–Kier alpha value is -0.900. The lowest BCUT2D eigenvalue weighted by atomic mass is 10.00. The average molecular weight is 340 g/mol. The molecule has 1 aromatic heterocycles. The van der Waals surface area contributed by atoms with Crippen molar-refractivity contribution in [3.8, 4) is 0 Å². The molecule has 19 heavy (non-hydrogen) atoms. The van der Waals surface area contributed by atoms with Gasteiger partial charge in [0.2, 0.25) is 0 Å². The Kier molecular flexibility index (Phi) is 4.97. The van der Waals surface area contributed by atoms with Crippen LogP contribution in [0.3, 0.4) is 0 Å². The molecule has 2 aromatic rings. The molecule has 0 aliphatic rings. The summed E-state index contributed by atoms with van der Waals surface area (Å²) in [5.41, 5.74) is 3.42. The van der Waals surface area contributed by atoms with E-state index in [2.05, 4.69) is 39.2 Å². The van der Waals surface area contributed by atoms with Crippen molar-refractivity contribution in [2.75, 3.05) is 7.05 Å².